The summed E-state index contributed by atoms with van der Waals surface area (Å²) in [5.41, 5.74) is 0.485. The molecule has 0 saturated carbocycles. The number of nitrogens with zero attached hydrogens (tertiary/aromatic N) is 1. The fraction of sp³-hybridized carbons (Fsp3) is 0.438. The Labute approximate surface area is 145 Å². The zero-order valence-electron chi connectivity index (χ0n) is 13.5. The summed E-state index contributed by atoms with van der Waals surface area (Å²) in [5.74, 6) is -1.61. The largest absolute Gasteiger partial charge is 0.480 e. The minimum atomic E-state index is -1.07. The van der Waals surface area contributed by atoms with E-state index in [4.69, 9.17) is 21.4 Å². The quantitative estimate of drug-likeness (QED) is 0.618. The van der Waals surface area contributed by atoms with Gasteiger partial charge in [0.1, 0.15) is 6.54 Å². The van der Waals surface area contributed by atoms with Gasteiger partial charge in [0, 0.05) is 37.2 Å². The van der Waals surface area contributed by atoms with Crippen LogP contribution in [0.1, 0.15) is 23.2 Å². The molecule has 0 heterocycles. The van der Waals surface area contributed by atoms with E-state index in [1.54, 1.807) is 24.3 Å². The molecule has 0 spiro atoms. The Morgan fingerprint density at radius 2 is 1.92 bits per heavy atom. The van der Waals surface area contributed by atoms with Gasteiger partial charge in [-0.05, 0) is 30.7 Å². The van der Waals surface area contributed by atoms with E-state index in [0.29, 0.717) is 23.6 Å². The first-order valence-corrected chi connectivity index (χ1v) is 7.84. The standard InChI is InChI=1S/C16H21ClN2O5/c1-24-10-9-19(11-15(21)22)14(20)3-2-8-18-16(23)12-4-6-13(17)7-5-12/h4-7H,2-3,8-11H2,1H3,(H,18,23)(H,21,22). The molecule has 7 nitrogen and oxygen atoms in total. The highest BCUT2D eigenvalue weighted by atomic mass is 35.5. The summed E-state index contributed by atoms with van der Waals surface area (Å²) in [4.78, 5) is 35.9. The number of carboxylic acid groups (broad SMARTS) is 1. The topological polar surface area (TPSA) is 95.9 Å². The van der Waals surface area contributed by atoms with Crippen molar-refractivity contribution in [3.8, 4) is 0 Å². The van der Waals surface area contributed by atoms with Crippen LogP contribution < -0.4 is 5.32 Å². The SMILES string of the molecule is COCCN(CC(=O)O)C(=O)CCCNC(=O)c1ccc(Cl)cc1. The first-order valence-electron chi connectivity index (χ1n) is 7.46. The second kappa shape index (κ2) is 10.6. The fourth-order valence-electron chi connectivity index (χ4n) is 1.96. The third-order valence-electron chi connectivity index (χ3n) is 3.20. The zero-order valence-corrected chi connectivity index (χ0v) is 14.2. The van der Waals surface area contributed by atoms with Gasteiger partial charge in [-0.3, -0.25) is 14.4 Å². The highest BCUT2D eigenvalue weighted by Gasteiger charge is 2.16. The Hall–Kier alpha value is -2.12. The second-order valence-corrected chi connectivity index (χ2v) is 5.50. The summed E-state index contributed by atoms with van der Waals surface area (Å²) in [6.07, 6.45) is 0.569. The third-order valence-corrected chi connectivity index (χ3v) is 3.46. The van der Waals surface area contributed by atoms with Crippen LogP contribution >= 0.6 is 11.6 Å². The lowest BCUT2D eigenvalue weighted by Gasteiger charge is -2.20. The van der Waals surface area contributed by atoms with E-state index in [0.717, 1.165) is 0 Å². The monoisotopic (exact) mass is 356 g/mol. The molecule has 1 aromatic rings. The van der Waals surface area contributed by atoms with Crippen LogP contribution in [0.2, 0.25) is 5.02 Å². The number of aliphatic carboxylic acids is 1. The highest BCUT2D eigenvalue weighted by molar-refractivity contribution is 6.30. The summed E-state index contributed by atoms with van der Waals surface area (Å²) in [6, 6.07) is 6.48. The predicted molar refractivity (Wildman–Crippen MR) is 89.1 cm³/mol. The summed E-state index contributed by atoms with van der Waals surface area (Å²) in [6.45, 7) is 0.447. The van der Waals surface area contributed by atoms with Gasteiger partial charge < -0.3 is 20.1 Å². The Balaban J connectivity index is 2.36. The minimum Gasteiger partial charge on any atom is -0.480 e. The maximum Gasteiger partial charge on any atom is 0.323 e. The normalized spacial score (nSPS) is 10.2. The van der Waals surface area contributed by atoms with Gasteiger partial charge in [-0.2, -0.15) is 0 Å². The Bertz CT molecular complexity index is 562. The molecule has 2 N–H and O–H groups in total. The molecule has 0 atom stereocenters. The van der Waals surface area contributed by atoms with Crippen LogP contribution in [0.5, 0.6) is 0 Å². The summed E-state index contributed by atoms with van der Waals surface area (Å²) < 4.78 is 4.87. The first kappa shape index (κ1) is 19.9. The molecule has 0 aliphatic heterocycles. The smallest absolute Gasteiger partial charge is 0.323 e. The molecule has 0 aliphatic rings. The molecule has 1 rings (SSSR count). The highest BCUT2D eigenvalue weighted by Crippen LogP contribution is 2.09. The predicted octanol–water partition coefficient (Wildman–Crippen LogP) is 1.41. The Morgan fingerprint density at radius 3 is 2.50 bits per heavy atom. The van der Waals surface area contributed by atoms with Gasteiger partial charge in [0.05, 0.1) is 6.61 Å². The van der Waals surface area contributed by atoms with Crippen LogP contribution in [-0.4, -0.2) is 61.1 Å². The molecular formula is C16H21ClN2O5. The molecule has 0 fully saturated rings. The molecule has 0 bridgehead atoms. The van der Waals surface area contributed by atoms with Crippen LogP contribution in [0, 0.1) is 0 Å². The Kier molecular flexibility index (Phi) is 8.81. The van der Waals surface area contributed by atoms with E-state index in [-0.39, 0.29) is 37.9 Å². The number of nitrogens with one attached hydrogen (secondary N) is 1. The van der Waals surface area contributed by atoms with Crippen LogP contribution in [0.4, 0.5) is 0 Å². The van der Waals surface area contributed by atoms with Crippen molar-refractivity contribution < 1.29 is 24.2 Å². The lowest BCUT2D eigenvalue weighted by Crippen LogP contribution is -2.38. The van der Waals surface area contributed by atoms with Crippen LogP contribution in [-0.2, 0) is 14.3 Å². The van der Waals surface area contributed by atoms with Crippen LogP contribution in [0.15, 0.2) is 24.3 Å². The van der Waals surface area contributed by atoms with Crippen molar-refractivity contribution in [3.63, 3.8) is 0 Å². The van der Waals surface area contributed by atoms with Crippen molar-refractivity contribution >= 4 is 29.4 Å². The number of rotatable bonds is 10. The second-order valence-electron chi connectivity index (χ2n) is 5.07. The van der Waals surface area contributed by atoms with Crippen molar-refractivity contribution in [2.75, 3.05) is 33.4 Å². The van der Waals surface area contributed by atoms with Crippen molar-refractivity contribution in [2.45, 2.75) is 12.8 Å². The first-order chi connectivity index (χ1) is 11.4. The van der Waals surface area contributed by atoms with Gasteiger partial charge in [0.2, 0.25) is 5.91 Å². The zero-order chi connectivity index (χ0) is 17.9. The molecule has 0 unspecified atom stereocenters. The lowest BCUT2D eigenvalue weighted by molar-refractivity contribution is -0.144. The average Bonchev–Trinajstić information content (AvgIpc) is 2.55. The average molecular weight is 357 g/mol. The number of hydrogen-bond acceptors (Lipinski definition) is 4. The molecule has 24 heavy (non-hydrogen) atoms. The summed E-state index contributed by atoms with van der Waals surface area (Å²) >= 11 is 5.76. The number of methoxy groups -OCH3 is 1. The van der Waals surface area contributed by atoms with E-state index in [1.165, 1.54) is 12.0 Å². The maximum absolute atomic E-state index is 12.0. The van der Waals surface area contributed by atoms with Crippen molar-refractivity contribution in [2.24, 2.45) is 0 Å². The van der Waals surface area contributed by atoms with Gasteiger partial charge in [0.25, 0.3) is 5.91 Å². The lowest BCUT2D eigenvalue weighted by atomic mass is 10.2. The van der Waals surface area contributed by atoms with Gasteiger partial charge >= 0.3 is 5.97 Å². The van der Waals surface area contributed by atoms with E-state index in [1.807, 2.05) is 0 Å². The van der Waals surface area contributed by atoms with Crippen molar-refractivity contribution in [1.29, 1.82) is 0 Å². The number of carboxylic acids is 1. The number of amides is 2. The number of carbonyl (C=O) groups is 3. The molecule has 132 valence electrons. The van der Waals surface area contributed by atoms with E-state index in [9.17, 15) is 14.4 Å². The number of hydrogen-bond donors (Lipinski definition) is 2. The van der Waals surface area contributed by atoms with Gasteiger partial charge in [-0.15, -0.1) is 0 Å². The van der Waals surface area contributed by atoms with Crippen LogP contribution in [0.25, 0.3) is 0 Å². The number of halogens is 1. The molecule has 0 aliphatic carbocycles. The number of ether oxygens (including phenoxy) is 1. The van der Waals surface area contributed by atoms with Crippen molar-refractivity contribution in [3.05, 3.63) is 34.9 Å². The fourth-order valence-corrected chi connectivity index (χ4v) is 2.09. The molecule has 0 aromatic heterocycles. The molecular weight excluding hydrogens is 336 g/mol. The summed E-state index contributed by atoms with van der Waals surface area (Å²) in [5, 5.41) is 12.1. The van der Waals surface area contributed by atoms with Gasteiger partial charge in [0.15, 0.2) is 0 Å². The van der Waals surface area contributed by atoms with E-state index in [2.05, 4.69) is 5.32 Å². The van der Waals surface area contributed by atoms with Crippen LogP contribution in [0.3, 0.4) is 0 Å². The van der Waals surface area contributed by atoms with Crippen molar-refractivity contribution in [1.82, 2.24) is 10.2 Å². The molecule has 0 radical (unpaired) electrons. The molecule has 1 aromatic carbocycles. The minimum absolute atomic E-state index is 0.151. The third kappa shape index (κ3) is 7.43. The molecule has 2 amide bonds. The van der Waals surface area contributed by atoms with Gasteiger partial charge in [-0.1, -0.05) is 11.6 Å². The van der Waals surface area contributed by atoms with Gasteiger partial charge in [-0.25, -0.2) is 0 Å². The number of benzene rings is 1. The maximum atomic E-state index is 12.0. The Morgan fingerprint density at radius 1 is 1.25 bits per heavy atom. The number of carbonyl (C=O) groups excluding carboxylic acids is 2. The summed E-state index contributed by atoms with van der Waals surface area (Å²) in [7, 11) is 1.48. The van der Waals surface area contributed by atoms with E-state index >= 15 is 0 Å². The van der Waals surface area contributed by atoms with E-state index < -0.39 is 5.97 Å². The molecule has 8 heteroatoms. The molecule has 0 saturated heterocycles.